The van der Waals surface area contributed by atoms with Crippen molar-refractivity contribution in [3.63, 3.8) is 0 Å². The van der Waals surface area contributed by atoms with E-state index >= 15 is 4.39 Å². The summed E-state index contributed by atoms with van der Waals surface area (Å²) in [6.07, 6.45) is 10.7. The highest BCUT2D eigenvalue weighted by Crippen LogP contribution is 2.60. The van der Waals surface area contributed by atoms with E-state index in [0.717, 1.165) is 93.7 Å². The van der Waals surface area contributed by atoms with Crippen molar-refractivity contribution in [3.05, 3.63) is 128 Å². The quantitative estimate of drug-likeness (QED) is 0.0874. The molecule has 2 aromatic carbocycles. The number of amides is 2. The molecule has 3 aromatic heterocycles. The van der Waals surface area contributed by atoms with Gasteiger partial charge in [0.1, 0.15) is 34.6 Å². The van der Waals surface area contributed by atoms with Crippen LogP contribution in [0.15, 0.2) is 90.1 Å². The van der Waals surface area contributed by atoms with Gasteiger partial charge >= 0.3 is 12.2 Å². The molecule has 3 atom stereocenters. The van der Waals surface area contributed by atoms with Gasteiger partial charge in [-0.1, -0.05) is 67.9 Å². The molecule has 0 radical (unpaired) electrons. The molecule has 0 bridgehead atoms. The van der Waals surface area contributed by atoms with Gasteiger partial charge in [0, 0.05) is 114 Å². The van der Waals surface area contributed by atoms with Crippen LogP contribution >= 0.6 is 34.5 Å². The van der Waals surface area contributed by atoms with E-state index in [4.69, 9.17) is 47.9 Å². The number of fused-ring (bicyclic) bond motifs is 1. The number of halogens is 3. The van der Waals surface area contributed by atoms with E-state index in [2.05, 4.69) is 50.1 Å². The molecule has 3 aliphatic heterocycles. The minimum absolute atomic E-state index is 0.0509. The topological polar surface area (TPSA) is 145 Å². The van der Waals surface area contributed by atoms with Gasteiger partial charge in [-0.05, 0) is 109 Å². The highest BCUT2D eigenvalue weighted by atomic mass is 35.5. The summed E-state index contributed by atoms with van der Waals surface area (Å²) in [4.78, 5) is 54.3. The number of likely N-dealkylation sites (tertiary alicyclic amines) is 1. The van der Waals surface area contributed by atoms with Crippen molar-refractivity contribution in [1.29, 1.82) is 5.26 Å². The van der Waals surface area contributed by atoms with Crippen molar-refractivity contribution >= 4 is 74.9 Å². The van der Waals surface area contributed by atoms with Crippen LogP contribution in [-0.4, -0.2) is 116 Å². The number of nitrogens with zero attached hydrogens (tertiary/aromatic N) is 10. The molecule has 2 aliphatic carbocycles. The van der Waals surface area contributed by atoms with E-state index < -0.39 is 23.4 Å². The van der Waals surface area contributed by atoms with E-state index in [9.17, 15) is 9.59 Å². The Balaban J connectivity index is 0.000000544. The van der Waals surface area contributed by atoms with E-state index in [1.54, 1.807) is 34.3 Å². The number of piperazine rings is 1. The van der Waals surface area contributed by atoms with Crippen molar-refractivity contribution < 1.29 is 23.5 Å². The van der Waals surface area contributed by atoms with Crippen LogP contribution < -0.4 is 4.90 Å². The molecule has 2 saturated carbocycles. The molecule has 14 nitrogen and oxygen atoms in total. The summed E-state index contributed by atoms with van der Waals surface area (Å²) >= 11 is 14.3. The first-order valence-electron chi connectivity index (χ1n) is 25.3. The number of hydrogen-bond acceptors (Lipinski definition) is 12. The Labute approximate surface area is 446 Å². The number of nitriles is 1. The number of carbonyl (C=O) groups is 2. The average Bonchev–Trinajstić information content (AvgIpc) is 4.15. The highest BCUT2D eigenvalue weighted by Gasteiger charge is 2.76. The van der Waals surface area contributed by atoms with E-state index in [0.29, 0.717) is 66.5 Å². The predicted molar refractivity (Wildman–Crippen MR) is 291 cm³/mol. The van der Waals surface area contributed by atoms with Crippen LogP contribution in [0.3, 0.4) is 0 Å². The van der Waals surface area contributed by atoms with Crippen molar-refractivity contribution in [2.75, 3.05) is 57.3 Å². The first-order valence-corrected chi connectivity index (χ1v) is 26.9. The van der Waals surface area contributed by atoms with Gasteiger partial charge < -0.3 is 33.6 Å². The minimum atomic E-state index is -0.987. The molecule has 1 spiro atoms. The van der Waals surface area contributed by atoms with Gasteiger partial charge in [-0.15, -0.1) is 11.3 Å². The molecule has 18 heteroatoms. The van der Waals surface area contributed by atoms with Gasteiger partial charge in [-0.3, -0.25) is 4.99 Å². The Morgan fingerprint density at radius 1 is 0.973 bits per heavy atom. The fraction of sp³-hybridized carbons (Fsp3) is 0.446. The number of aromatic nitrogens is 4. The second-order valence-electron chi connectivity index (χ2n) is 20.5. The first-order chi connectivity index (χ1) is 35.4. The molecule has 5 aromatic rings. The number of thiazole rings is 1. The maximum absolute atomic E-state index is 15.0. The van der Waals surface area contributed by atoms with Crippen molar-refractivity contribution in [2.24, 2.45) is 16.3 Å². The maximum atomic E-state index is 15.0. The van der Waals surface area contributed by atoms with Crippen LogP contribution in [0.25, 0.3) is 22.3 Å². The number of benzene rings is 2. The lowest BCUT2D eigenvalue weighted by atomic mass is 9.73. The molecule has 388 valence electrons. The van der Waals surface area contributed by atoms with Gasteiger partial charge in [0.25, 0.3) is 0 Å². The summed E-state index contributed by atoms with van der Waals surface area (Å²) < 4.78 is 29.5. The molecule has 5 aliphatic rings. The lowest BCUT2D eigenvalue weighted by molar-refractivity contribution is -0.0543. The average molecular weight is 1060 g/mol. The Hall–Kier alpha value is -6.28. The zero-order chi connectivity index (χ0) is 52.9. The lowest BCUT2D eigenvalue weighted by Crippen LogP contribution is -2.73. The molecule has 6 heterocycles. The number of ether oxygens (including phenoxy) is 2. The summed E-state index contributed by atoms with van der Waals surface area (Å²) in [5.74, 6) is 0.850. The standard InChI is InChI=1S/C48H53Cl2FN8O4.C8H10N2S/c1-8-36(37-12-10-11-13-39(37)51)40(29(3)52-9-2)30(4)55-16-18-56(19-17-55)44(60)62-46(6)31(5)47(46,7)63-45(61)58-26-48(27-58)24-57(25-48)42-41-38(32-14-15-32)23-59(43(41)54-28-53-42)35-21-33(49)20-34(50)22-35;1-3-4-8-10-6(2)7(5-9)11-8/h8-13,20-23,28,31-32H,2,14-19,24-27H2,1,3-7H3;3-4H2,1-2H3/b36-8-,40-30-,52-29?;. The fourth-order valence-corrected chi connectivity index (χ4v) is 12.5. The lowest BCUT2D eigenvalue weighted by Gasteiger charge is -2.60. The Bertz CT molecular complexity index is 3130. The Kier molecular flexibility index (Phi) is 14.8. The number of hydrogen-bond donors (Lipinski definition) is 0. The zero-order valence-corrected chi connectivity index (χ0v) is 45.7. The summed E-state index contributed by atoms with van der Waals surface area (Å²) in [6.45, 7) is 23.8. The third-order valence-corrected chi connectivity index (χ3v) is 17.3. The number of allylic oxidation sites excluding steroid dienone is 4. The monoisotopic (exact) mass is 1060 g/mol. The Morgan fingerprint density at radius 2 is 1.61 bits per heavy atom. The largest absolute Gasteiger partial charge is 0.438 e. The van der Waals surface area contributed by atoms with Crippen LogP contribution in [-0.2, 0) is 15.9 Å². The van der Waals surface area contributed by atoms with Crippen molar-refractivity contribution in [2.45, 2.75) is 98.2 Å². The number of aliphatic imine (C=N–C) groups is 1. The molecule has 0 N–H and O–H groups in total. The van der Waals surface area contributed by atoms with Gasteiger partial charge in [0.05, 0.1) is 16.1 Å². The number of anilines is 1. The molecule has 3 saturated heterocycles. The Morgan fingerprint density at radius 3 is 2.19 bits per heavy atom. The van der Waals surface area contributed by atoms with Crippen LogP contribution in [0.5, 0.6) is 0 Å². The summed E-state index contributed by atoms with van der Waals surface area (Å²) in [5.41, 5.74) is 5.46. The third-order valence-electron chi connectivity index (χ3n) is 15.7. The fourth-order valence-electron chi connectivity index (χ4n) is 11.0. The number of rotatable bonds is 12. The maximum Gasteiger partial charge on any atom is 0.410 e. The van der Waals surface area contributed by atoms with E-state index in [1.165, 1.54) is 29.2 Å². The van der Waals surface area contributed by atoms with Gasteiger partial charge in [-0.2, -0.15) is 5.26 Å². The highest BCUT2D eigenvalue weighted by molar-refractivity contribution is 7.12. The van der Waals surface area contributed by atoms with Crippen LogP contribution in [0.1, 0.15) is 100 Å². The molecule has 5 fully saturated rings. The molecule has 10 rings (SSSR count). The second kappa shape index (κ2) is 20.8. The smallest absolute Gasteiger partial charge is 0.410 e. The van der Waals surface area contributed by atoms with E-state index in [1.807, 2.05) is 72.7 Å². The van der Waals surface area contributed by atoms with Crippen LogP contribution in [0, 0.1) is 35.4 Å². The second-order valence-corrected chi connectivity index (χ2v) is 22.5. The van der Waals surface area contributed by atoms with Gasteiger partial charge in [0.2, 0.25) is 0 Å². The van der Waals surface area contributed by atoms with E-state index in [-0.39, 0.29) is 17.2 Å². The first kappa shape index (κ1) is 52.6. The van der Waals surface area contributed by atoms with Gasteiger partial charge in [-0.25, -0.2) is 28.9 Å². The molecule has 2 amide bonds. The SMILES string of the molecule is C=CN=C(C)C(/C(=C\C)c1ccccc1F)=C(\C)N1CCN(C(=O)OC2(C)C(C)C2(C)OC(=O)N2CC3(C2)CN(c2ncnc4c2c(C2CC2)cn4-c2cc(Cl)cc(Cl)c2)C3)CC1.CCCc1nc(C)c(C#N)s1. The molecular weight excluding hydrogens is 999 g/mol. The summed E-state index contributed by atoms with van der Waals surface area (Å²) in [5, 5.41) is 11.9. The van der Waals surface area contributed by atoms with Crippen molar-refractivity contribution in [3.8, 4) is 11.8 Å². The van der Waals surface area contributed by atoms with Crippen molar-refractivity contribution in [1.82, 2.24) is 34.2 Å². The number of aryl methyl sites for hydroxylation is 2. The van der Waals surface area contributed by atoms with Crippen LogP contribution in [0.4, 0.5) is 19.8 Å². The molecule has 3 unspecified atom stereocenters. The summed E-state index contributed by atoms with van der Waals surface area (Å²) in [7, 11) is 0. The van der Waals surface area contributed by atoms with Crippen LogP contribution in [0.2, 0.25) is 10.0 Å². The number of carbonyl (C=O) groups excluding carboxylic acids is 2. The molecular formula is C56H63Cl2FN10O4S. The van der Waals surface area contributed by atoms with Gasteiger partial charge in [0.15, 0.2) is 11.2 Å². The molecule has 74 heavy (non-hydrogen) atoms. The zero-order valence-electron chi connectivity index (χ0n) is 43.3. The minimum Gasteiger partial charge on any atom is -0.438 e. The normalized spacial score (nSPS) is 22.5. The predicted octanol–water partition coefficient (Wildman–Crippen LogP) is 12.2. The summed E-state index contributed by atoms with van der Waals surface area (Å²) in [6, 6.07) is 14.3. The third kappa shape index (κ3) is 9.90.